The van der Waals surface area contributed by atoms with Crippen LogP contribution in [0, 0.1) is 0 Å². The Hall–Kier alpha value is -1.06. The number of aliphatic hydroxyl groups is 1. The topological polar surface area (TPSA) is 32.7 Å². The van der Waals surface area contributed by atoms with Crippen molar-refractivity contribution in [1.29, 1.82) is 0 Å². The Bertz CT molecular complexity index is 425. The largest absolute Gasteiger partial charge is 0.497 e. The van der Waals surface area contributed by atoms with Crippen LogP contribution in [-0.4, -0.2) is 41.8 Å². The molecule has 0 bridgehead atoms. The molecule has 1 aliphatic rings. The Morgan fingerprint density at radius 1 is 1.40 bits per heavy atom. The minimum Gasteiger partial charge on any atom is -0.497 e. The van der Waals surface area contributed by atoms with Crippen LogP contribution in [-0.2, 0) is 6.42 Å². The monoisotopic (exact) mass is 277 g/mol. The quantitative estimate of drug-likeness (QED) is 0.868. The van der Waals surface area contributed by atoms with Gasteiger partial charge in [-0.25, -0.2) is 0 Å². The zero-order chi connectivity index (χ0) is 14.6. The van der Waals surface area contributed by atoms with E-state index in [9.17, 15) is 5.11 Å². The lowest BCUT2D eigenvalue weighted by Gasteiger charge is -2.33. The first-order valence-corrected chi connectivity index (χ1v) is 7.60. The molecule has 1 fully saturated rings. The lowest BCUT2D eigenvalue weighted by molar-refractivity contribution is -0.00257. The Morgan fingerprint density at radius 2 is 2.20 bits per heavy atom. The van der Waals surface area contributed by atoms with Gasteiger partial charge in [0.1, 0.15) is 5.75 Å². The number of ether oxygens (including phenoxy) is 1. The van der Waals surface area contributed by atoms with E-state index in [2.05, 4.69) is 17.0 Å². The van der Waals surface area contributed by atoms with E-state index in [1.165, 1.54) is 12.0 Å². The fourth-order valence-electron chi connectivity index (χ4n) is 3.21. The third-order valence-corrected chi connectivity index (χ3v) is 4.22. The first-order chi connectivity index (χ1) is 9.50. The Labute approximate surface area is 122 Å². The summed E-state index contributed by atoms with van der Waals surface area (Å²) in [5.74, 6) is 0.929. The van der Waals surface area contributed by atoms with E-state index in [0.717, 1.165) is 38.1 Å². The van der Waals surface area contributed by atoms with Crippen molar-refractivity contribution in [1.82, 2.24) is 4.90 Å². The Kier molecular flexibility index (Phi) is 5.06. The summed E-state index contributed by atoms with van der Waals surface area (Å²) in [6, 6.07) is 8.60. The van der Waals surface area contributed by atoms with Crippen molar-refractivity contribution in [3.8, 4) is 5.75 Å². The zero-order valence-electron chi connectivity index (χ0n) is 12.9. The van der Waals surface area contributed by atoms with Gasteiger partial charge in [-0.15, -0.1) is 0 Å². The second kappa shape index (κ2) is 6.59. The van der Waals surface area contributed by atoms with E-state index < -0.39 is 5.60 Å². The van der Waals surface area contributed by atoms with Gasteiger partial charge in [-0.2, -0.15) is 0 Å². The molecule has 0 saturated carbocycles. The van der Waals surface area contributed by atoms with Gasteiger partial charge < -0.3 is 9.84 Å². The molecule has 0 radical (unpaired) electrons. The number of nitrogens with zero attached hydrogens (tertiary/aromatic N) is 1. The van der Waals surface area contributed by atoms with E-state index in [1.54, 1.807) is 7.11 Å². The minimum atomic E-state index is -0.591. The predicted octanol–water partition coefficient (Wildman–Crippen LogP) is 2.86. The molecule has 20 heavy (non-hydrogen) atoms. The highest BCUT2D eigenvalue weighted by Gasteiger charge is 2.35. The molecular weight excluding hydrogens is 250 g/mol. The molecule has 1 aromatic carbocycles. The average Bonchev–Trinajstić information content (AvgIpc) is 2.87. The van der Waals surface area contributed by atoms with Gasteiger partial charge >= 0.3 is 0 Å². The Balaban J connectivity index is 1.83. The number of benzene rings is 1. The van der Waals surface area contributed by atoms with Crippen LogP contribution in [0.2, 0.25) is 0 Å². The average molecular weight is 277 g/mol. The highest BCUT2D eigenvalue weighted by Crippen LogP contribution is 2.27. The highest BCUT2D eigenvalue weighted by molar-refractivity contribution is 5.28. The molecule has 1 saturated heterocycles. The summed E-state index contributed by atoms with van der Waals surface area (Å²) in [4.78, 5) is 2.44. The van der Waals surface area contributed by atoms with Crippen LogP contribution in [0.4, 0.5) is 0 Å². The van der Waals surface area contributed by atoms with Crippen molar-refractivity contribution in [2.75, 3.05) is 20.2 Å². The molecule has 112 valence electrons. The van der Waals surface area contributed by atoms with Crippen molar-refractivity contribution >= 4 is 0 Å². The summed E-state index contributed by atoms with van der Waals surface area (Å²) in [5.41, 5.74) is 0.732. The summed E-state index contributed by atoms with van der Waals surface area (Å²) in [6.07, 6.45) is 4.50. The van der Waals surface area contributed by atoms with Gasteiger partial charge in [-0.3, -0.25) is 4.90 Å². The highest BCUT2D eigenvalue weighted by atomic mass is 16.5. The van der Waals surface area contributed by atoms with Crippen LogP contribution in [0.25, 0.3) is 0 Å². The smallest absolute Gasteiger partial charge is 0.119 e. The van der Waals surface area contributed by atoms with Crippen molar-refractivity contribution in [2.24, 2.45) is 0 Å². The second-order valence-electron chi connectivity index (χ2n) is 6.30. The number of hydrogen-bond acceptors (Lipinski definition) is 3. The first kappa shape index (κ1) is 15.3. The molecule has 0 amide bonds. The SMILES string of the molecule is COc1cccc(CCCN2CCCC2C(C)(C)O)c1. The van der Waals surface area contributed by atoms with Gasteiger partial charge in [0.2, 0.25) is 0 Å². The molecule has 1 N–H and O–H groups in total. The number of likely N-dealkylation sites (tertiary alicyclic amines) is 1. The van der Waals surface area contributed by atoms with Gasteiger partial charge in [0.25, 0.3) is 0 Å². The predicted molar refractivity (Wildman–Crippen MR) is 82.2 cm³/mol. The maximum absolute atomic E-state index is 10.2. The van der Waals surface area contributed by atoms with Crippen molar-refractivity contribution in [2.45, 2.75) is 51.2 Å². The molecule has 3 nitrogen and oxygen atoms in total. The summed E-state index contributed by atoms with van der Waals surface area (Å²) in [6.45, 7) is 6.04. The van der Waals surface area contributed by atoms with Gasteiger partial charge in [0.05, 0.1) is 12.7 Å². The molecule has 1 heterocycles. The maximum Gasteiger partial charge on any atom is 0.119 e. The lowest BCUT2D eigenvalue weighted by atomic mass is 9.96. The van der Waals surface area contributed by atoms with E-state index in [0.29, 0.717) is 6.04 Å². The van der Waals surface area contributed by atoms with Crippen LogP contribution in [0.3, 0.4) is 0 Å². The molecule has 0 aliphatic carbocycles. The molecule has 1 atom stereocenters. The normalized spacial score (nSPS) is 20.3. The van der Waals surface area contributed by atoms with Crippen molar-refractivity contribution in [3.63, 3.8) is 0 Å². The van der Waals surface area contributed by atoms with Gasteiger partial charge in [-0.05, 0) is 70.3 Å². The van der Waals surface area contributed by atoms with Crippen LogP contribution < -0.4 is 4.74 Å². The number of methoxy groups -OCH3 is 1. The molecule has 0 aromatic heterocycles. The standard InChI is InChI=1S/C17H27NO2/c1-17(2,19)16-10-6-12-18(16)11-5-8-14-7-4-9-15(13-14)20-3/h4,7,9,13,16,19H,5-6,8,10-12H2,1-3H3. The zero-order valence-corrected chi connectivity index (χ0v) is 12.9. The third kappa shape index (κ3) is 3.97. The fraction of sp³-hybridized carbons (Fsp3) is 0.647. The fourth-order valence-corrected chi connectivity index (χ4v) is 3.21. The summed E-state index contributed by atoms with van der Waals surface area (Å²) in [5, 5.41) is 10.2. The van der Waals surface area contributed by atoms with Crippen LogP contribution >= 0.6 is 0 Å². The van der Waals surface area contributed by atoms with E-state index >= 15 is 0 Å². The van der Waals surface area contributed by atoms with Crippen LogP contribution in [0.1, 0.15) is 38.7 Å². The lowest BCUT2D eigenvalue weighted by Crippen LogP contribution is -2.45. The maximum atomic E-state index is 10.2. The molecule has 1 aliphatic heterocycles. The molecule has 0 spiro atoms. The molecule has 1 aromatic rings. The van der Waals surface area contributed by atoms with Crippen molar-refractivity contribution in [3.05, 3.63) is 29.8 Å². The summed E-state index contributed by atoms with van der Waals surface area (Å²) in [7, 11) is 1.71. The van der Waals surface area contributed by atoms with Gasteiger partial charge in [-0.1, -0.05) is 12.1 Å². The second-order valence-corrected chi connectivity index (χ2v) is 6.30. The van der Waals surface area contributed by atoms with Crippen LogP contribution in [0.15, 0.2) is 24.3 Å². The van der Waals surface area contributed by atoms with Crippen molar-refractivity contribution < 1.29 is 9.84 Å². The molecule has 2 rings (SSSR count). The summed E-state index contributed by atoms with van der Waals surface area (Å²) < 4.78 is 5.25. The molecule has 1 unspecified atom stereocenters. The van der Waals surface area contributed by atoms with E-state index in [4.69, 9.17) is 4.74 Å². The third-order valence-electron chi connectivity index (χ3n) is 4.22. The number of aryl methyl sites for hydroxylation is 1. The molecular formula is C17H27NO2. The minimum absolute atomic E-state index is 0.313. The van der Waals surface area contributed by atoms with E-state index in [-0.39, 0.29) is 0 Å². The number of hydrogen-bond donors (Lipinski definition) is 1. The number of rotatable bonds is 6. The van der Waals surface area contributed by atoms with Gasteiger partial charge in [0, 0.05) is 6.04 Å². The van der Waals surface area contributed by atoms with Gasteiger partial charge in [0.15, 0.2) is 0 Å². The first-order valence-electron chi connectivity index (χ1n) is 7.60. The van der Waals surface area contributed by atoms with E-state index in [1.807, 2.05) is 26.0 Å². The van der Waals surface area contributed by atoms with Crippen LogP contribution in [0.5, 0.6) is 5.75 Å². The summed E-state index contributed by atoms with van der Waals surface area (Å²) >= 11 is 0. The Morgan fingerprint density at radius 3 is 2.90 bits per heavy atom. The molecule has 3 heteroatoms.